The third-order valence-corrected chi connectivity index (χ3v) is 3.72. The van der Waals surface area contributed by atoms with Gasteiger partial charge in [-0.25, -0.2) is 0 Å². The second-order valence-corrected chi connectivity index (χ2v) is 5.41. The monoisotopic (exact) mass is 269 g/mol. The lowest BCUT2D eigenvalue weighted by molar-refractivity contribution is 0.174. The van der Waals surface area contributed by atoms with Crippen LogP contribution >= 0.6 is 0 Å². The predicted octanol–water partition coefficient (Wildman–Crippen LogP) is 3.59. The number of rotatable bonds is 3. The van der Waals surface area contributed by atoms with Crippen molar-refractivity contribution in [2.45, 2.75) is 25.8 Å². The zero-order chi connectivity index (χ0) is 14.1. The summed E-state index contributed by atoms with van der Waals surface area (Å²) in [6, 6.07) is 14.2. The molecule has 0 saturated carbocycles. The van der Waals surface area contributed by atoms with E-state index in [9.17, 15) is 0 Å². The molecular formula is C17H19NO2. The van der Waals surface area contributed by atoms with E-state index in [1.165, 1.54) is 5.56 Å². The van der Waals surface area contributed by atoms with E-state index in [0.29, 0.717) is 5.92 Å². The maximum Gasteiger partial charge on any atom is 0.231 e. The van der Waals surface area contributed by atoms with Gasteiger partial charge in [0.1, 0.15) is 0 Å². The maximum atomic E-state index is 6.34. The van der Waals surface area contributed by atoms with Gasteiger partial charge in [-0.15, -0.1) is 0 Å². The second kappa shape index (κ2) is 5.17. The lowest BCUT2D eigenvalue weighted by Gasteiger charge is -2.14. The third kappa shape index (κ3) is 2.37. The van der Waals surface area contributed by atoms with E-state index < -0.39 is 0 Å². The molecule has 2 aromatic rings. The van der Waals surface area contributed by atoms with Crippen molar-refractivity contribution in [3.8, 4) is 11.5 Å². The summed E-state index contributed by atoms with van der Waals surface area (Å²) in [4.78, 5) is 0. The summed E-state index contributed by atoms with van der Waals surface area (Å²) in [5, 5.41) is 0. The Morgan fingerprint density at radius 3 is 2.15 bits per heavy atom. The molecule has 0 radical (unpaired) electrons. The smallest absolute Gasteiger partial charge is 0.231 e. The van der Waals surface area contributed by atoms with Crippen molar-refractivity contribution in [3.05, 3.63) is 59.2 Å². The molecule has 1 atom stereocenters. The highest BCUT2D eigenvalue weighted by Gasteiger charge is 2.16. The first kappa shape index (κ1) is 13.0. The highest BCUT2D eigenvalue weighted by molar-refractivity contribution is 5.47. The molecule has 1 aliphatic rings. The van der Waals surface area contributed by atoms with Crippen molar-refractivity contribution >= 4 is 0 Å². The Morgan fingerprint density at radius 1 is 0.850 bits per heavy atom. The number of nitrogens with two attached hydrogens (primary N) is 1. The molecule has 3 nitrogen and oxygen atoms in total. The highest BCUT2D eigenvalue weighted by atomic mass is 16.7. The topological polar surface area (TPSA) is 44.5 Å². The summed E-state index contributed by atoms with van der Waals surface area (Å²) in [5.41, 5.74) is 9.80. The lowest BCUT2D eigenvalue weighted by atomic mass is 9.96. The van der Waals surface area contributed by atoms with Crippen molar-refractivity contribution in [2.75, 3.05) is 6.79 Å². The number of ether oxygens (including phenoxy) is 2. The van der Waals surface area contributed by atoms with Crippen LogP contribution in [0, 0.1) is 0 Å². The van der Waals surface area contributed by atoms with Gasteiger partial charge in [-0.3, -0.25) is 0 Å². The van der Waals surface area contributed by atoms with Gasteiger partial charge in [-0.1, -0.05) is 44.2 Å². The van der Waals surface area contributed by atoms with Gasteiger partial charge in [0.05, 0.1) is 6.04 Å². The van der Waals surface area contributed by atoms with Gasteiger partial charge in [0.25, 0.3) is 0 Å². The first-order chi connectivity index (χ1) is 9.65. The van der Waals surface area contributed by atoms with Gasteiger partial charge in [0, 0.05) is 0 Å². The zero-order valence-electron chi connectivity index (χ0n) is 11.8. The van der Waals surface area contributed by atoms with Crippen molar-refractivity contribution in [1.29, 1.82) is 0 Å². The van der Waals surface area contributed by atoms with Gasteiger partial charge >= 0.3 is 0 Å². The molecule has 0 fully saturated rings. The minimum absolute atomic E-state index is 0.147. The van der Waals surface area contributed by atoms with Gasteiger partial charge in [0.2, 0.25) is 6.79 Å². The fraction of sp³-hybridized carbons (Fsp3) is 0.294. The van der Waals surface area contributed by atoms with Crippen molar-refractivity contribution < 1.29 is 9.47 Å². The van der Waals surface area contributed by atoms with Crippen LogP contribution in [0.4, 0.5) is 0 Å². The van der Waals surface area contributed by atoms with Crippen molar-refractivity contribution in [3.63, 3.8) is 0 Å². The molecule has 0 bridgehead atoms. The Morgan fingerprint density at radius 2 is 1.45 bits per heavy atom. The molecule has 20 heavy (non-hydrogen) atoms. The molecular weight excluding hydrogens is 250 g/mol. The molecule has 0 aliphatic carbocycles. The van der Waals surface area contributed by atoms with E-state index in [4.69, 9.17) is 15.2 Å². The molecule has 0 amide bonds. The summed E-state index contributed by atoms with van der Waals surface area (Å²) < 4.78 is 10.7. The van der Waals surface area contributed by atoms with Crippen LogP contribution in [0.25, 0.3) is 0 Å². The van der Waals surface area contributed by atoms with E-state index in [2.05, 4.69) is 38.1 Å². The molecule has 3 rings (SSSR count). The summed E-state index contributed by atoms with van der Waals surface area (Å²) in [6.45, 7) is 4.66. The van der Waals surface area contributed by atoms with E-state index in [-0.39, 0.29) is 12.8 Å². The number of fused-ring (bicyclic) bond motifs is 1. The quantitative estimate of drug-likeness (QED) is 0.926. The molecule has 2 N–H and O–H groups in total. The molecule has 1 aliphatic heterocycles. The summed E-state index contributed by atoms with van der Waals surface area (Å²) in [5.74, 6) is 2.10. The standard InChI is InChI=1S/C17H19NO2/c1-11(2)12-3-5-13(6-4-12)17(18)14-7-8-15-16(9-14)20-10-19-15/h3-9,11,17H,10,18H2,1-2H3. The Hall–Kier alpha value is -2.00. The second-order valence-electron chi connectivity index (χ2n) is 5.41. The summed E-state index contributed by atoms with van der Waals surface area (Å²) >= 11 is 0. The van der Waals surface area contributed by atoms with Crippen LogP contribution in [0.3, 0.4) is 0 Å². The first-order valence-electron chi connectivity index (χ1n) is 6.90. The first-order valence-corrected chi connectivity index (χ1v) is 6.90. The van der Waals surface area contributed by atoms with Crippen LogP contribution < -0.4 is 15.2 Å². The largest absolute Gasteiger partial charge is 0.454 e. The summed E-state index contributed by atoms with van der Waals surface area (Å²) in [6.07, 6.45) is 0. The molecule has 2 aromatic carbocycles. The summed E-state index contributed by atoms with van der Waals surface area (Å²) in [7, 11) is 0. The van der Waals surface area contributed by atoms with E-state index in [0.717, 1.165) is 22.6 Å². The van der Waals surface area contributed by atoms with Crippen LogP contribution in [0.2, 0.25) is 0 Å². The normalized spacial score (nSPS) is 14.6. The molecule has 0 spiro atoms. The molecule has 1 unspecified atom stereocenters. The van der Waals surface area contributed by atoms with Gasteiger partial charge in [0.15, 0.2) is 11.5 Å². The van der Waals surface area contributed by atoms with Crippen molar-refractivity contribution in [2.24, 2.45) is 5.73 Å². The Bertz CT molecular complexity index is 605. The SMILES string of the molecule is CC(C)c1ccc(C(N)c2ccc3c(c2)OCO3)cc1. The maximum absolute atomic E-state index is 6.34. The lowest BCUT2D eigenvalue weighted by Crippen LogP contribution is -2.11. The number of hydrogen-bond acceptors (Lipinski definition) is 3. The Balaban J connectivity index is 1.86. The molecule has 1 heterocycles. The average molecular weight is 269 g/mol. The van der Waals surface area contributed by atoms with Gasteiger partial charge < -0.3 is 15.2 Å². The third-order valence-electron chi connectivity index (χ3n) is 3.72. The van der Waals surface area contributed by atoms with Gasteiger partial charge in [-0.2, -0.15) is 0 Å². The van der Waals surface area contributed by atoms with Crippen LogP contribution in [0.1, 0.15) is 42.5 Å². The molecule has 104 valence electrons. The fourth-order valence-electron chi connectivity index (χ4n) is 2.39. The fourth-order valence-corrected chi connectivity index (χ4v) is 2.39. The predicted molar refractivity (Wildman–Crippen MR) is 79.1 cm³/mol. The molecule has 3 heteroatoms. The van der Waals surface area contributed by atoms with Gasteiger partial charge in [-0.05, 0) is 34.7 Å². The average Bonchev–Trinajstić information content (AvgIpc) is 2.94. The van der Waals surface area contributed by atoms with Crippen molar-refractivity contribution in [1.82, 2.24) is 0 Å². The van der Waals surface area contributed by atoms with E-state index in [1.807, 2.05) is 18.2 Å². The highest BCUT2D eigenvalue weighted by Crippen LogP contribution is 2.35. The molecule has 0 saturated heterocycles. The Kier molecular flexibility index (Phi) is 3.36. The minimum atomic E-state index is -0.147. The Labute approximate surface area is 119 Å². The van der Waals surface area contributed by atoms with Crippen LogP contribution in [-0.4, -0.2) is 6.79 Å². The van der Waals surface area contributed by atoms with Crippen LogP contribution in [-0.2, 0) is 0 Å². The number of benzene rings is 2. The van der Waals surface area contributed by atoms with E-state index >= 15 is 0 Å². The minimum Gasteiger partial charge on any atom is -0.454 e. The van der Waals surface area contributed by atoms with Crippen LogP contribution in [0.15, 0.2) is 42.5 Å². The number of hydrogen-bond donors (Lipinski definition) is 1. The molecule has 0 aromatic heterocycles. The van der Waals surface area contributed by atoms with E-state index in [1.54, 1.807) is 0 Å². The van der Waals surface area contributed by atoms with Crippen LogP contribution in [0.5, 0.6) is 11.5 Å². The zero-order valence-corrected chi connectivity index (χ0v) is 11.8.